The fraction of sp³-hybridized carbons (Fsp3) is 0.308. The number of carboxylic acid groups (broad SMARTS) is 1. The Labute approximate surface area is 118 Å². The molecular weight excluding hydrogens is 287 g/mol. The average Bonchev–Trinajstić information content (AvgIpc) is 2.88. The average molecular weight is 299 g/mol. The van der Waals surface area contributed by atoms with E-state index in [-0.39, 0.29) is 5.69 Å². The SMILES string of the molecule is CC(C)(C(=O)O)c1cn(-c2ccc(C(F)(F)F)cc2)nn1. The molecule has 0 bridgehead atoms. The largest absolute Gasteiger partial charge is 0.481 e. The maximum absolute atomic E-state index is 12.5. The summed E-state index contributed by atoms with van der Waals surface area (Å²) in [5.41, 5.74) is -1.42. The van der Waals surface area contributed by atoms with Gasteiger partial charge in [-0.05, 0) is 38.1 Å². The highest BCUT2D eigenvalue weighted by molar-refractivity contribution is 5.79. The van der Waals surface area contributed by atoms with Crippen molar-refractivity contribution in [1.82, 2.24) is 15.0 Å². The van der Waals surface area contributed by atoms with Crippen LogP contribution in [0.5, 0.6) is 0 Å². The lowest BCUT2D eigenvalue weighted by Gasteiger charge is -2.14. The van der Waals surface area contributed by atoms with Crippen molar-refractivity contribution in [2.75, 3.05) is 0 Å². The van der Waals surface area contributed by atoms with E-state index in [1.807, 2.05) is 0 Å². The van der Waals surface area contributed by atoms with E-state index in [1.54, 1.807) is 0 Å². The van der Waals surface area contributed by atoms with Gasteiger partial charge in [-0.3, -0.25) is 4.79 Å². The number of benzene rings is 1. The Balaban J connectivity index is 2.32. The molecule has 112 valence electrons. The number of aromatic nitrogens is 3. The maximum Gasteiger partial charge on any atom is 0.416 e. The van der Waals surface area contributed by atoms with Gasteiger partial charge in [0, 0.05) is 0 Å². The van der Waals surface area contributed by atoms with Gasteiger partial charge < -0.3 is 5.11 Å². The zero-order valence-electron chi connectivity index (χ0n) is 11.2. The molecule has 1 N–H and O–H groups in total. The zero-order valence-corrected chi connectivity index (χ0v) is 11.2. The normalized spacial score (nSPS) is 12.4. The Bertz CT molecular complexity index is 660. The number of halogens is 3. The molecule has 21 heavy (non-hydrogen) atoms. The molecule has 0 saturated heterocycles. The number of carbonyl (C=O) groups is 1. The van der Waals surface area contributed by atoms with E-state index >= 15 is 0 Å². The summed E-state index contributed by atoms with van der Waals surface area (Å²) in [6.07, 6.45) is -3.02. The number of hydrogen-bond acceptors (Lipinski definition) is 3. The third-order valence-corrected chi connectivity index (χ3v) is 3.13. The van der Waals surface area contributed by atoms with Crippen molar-refractivity contribution < 1.29 is 23.1 Å². The summed E-state index contributed by atoms with van der Waals surface area (Å²) in [5.74, 6) is -1.07. The highest BCUT2D eigenvalue weighted by Crippen LogP contribution is 2.29. The minimum absolute atomic E-state index is 0.217. The Kier molecular flexibility index (Phi) is 3.48. The van der Waals surface area contributed by atoms with Crippen LogP contribution in [0.1, 0.15) is 25.1 Å². The zero-order chi connectivity index (χ0) is 15.8. The van der Waals surface area contributed by atoms with Crippen LogP contribution < -0.4 is 0 Å². The molecule has 5 nitrogen and oxygen atoms in total. The first kappa shape index (κ1) is 15.0. The second-order valence-corrected chi connectivity index (χ2v) is 5.02. The monoisotopic (exact) mass is 299 g/mol. The number of alkyl halides is 3. The second kappa shape index (κ2) is 4.87. The molecular formula is C13H12F3N3O2. The molecule has 1 aromatic carbocycles. The Morgan fingerprint density at radius 1 is 1.19 bits per heavy atom. The summed E-state index contributed by atoms with van der Waals surface area (Å²) in [6.45, 7) is 2.94. The van der Waals surface area contributed by atoms with E-state index in [0.29, 0.717) is 5.69 Å². The fourth-order valence-corrected chi connectivity index (χ4v) is 1.59. The van der Waals surface area contributed by atoms with Gasteiger partial charge >= 0.3 is 12.1 Å². The molecule has 0 fully saturated rings. The summed E-state index contributed by atoms with van der Waals surface area (Å²) >= 11 is 0. The van der Waals surface area contributed by atoms with Gasteiger partial charge in [-0.1, -0.05) is 5.21 Å². The van der Waals surface area contributed by atoms with Gasteiger partial charge in [-0.2, -0.15) is 13.2 Å². The van der Waals surface area contributed by atoms with E-state index in [2.05, 4.69) is 10.3 Å². The lowest BCUT2D eigenvalue weighted by Crippen LogP contribution is -2.28. The molecule has 2 rings (SSSR count). The number of nitrogens with zero attached hydrogens (tertiary/aromatic N) is 3. The van der Waals surface area contributed by atoms with Gasteiger partial charge in [0.25, 0.3) is 0 Å². The summed E-state index contributed by atoms with van der Waals surface area (Å²) < 4.78 is 38.6. The van der Waals surface area contributed by atoms with Gasteiger partial charge in [-0.15, -0.1) is 5.10 Å². The standard InChI is InChI=1S/C13H12F3N3O2/c1-12(2,11(20)21)10-7-19(18-17-10)9-5-3-8(4-6-9)13(14,15)16/h3-7H,1-2H3,(H,20,21). The van der Waals surface area contributed by atoms with E-state index in [9.17, 15) is 18.0 Å². The number of aliphatic carboxylic acids is 1. The van der Waals surface area contributed by atoms with Crippen LogP contribution in [0.25, 0.3) is 5.69 Å². The molecule has 2 aromatic rings. The van der Waals surface area contributed by atoms with Crippen LogP contribution in [-0.4, -0.2) is 26.1 Å². The number of rotatable bonds is 3. The van der Waals surface area contributed by atoms with Crippen LogP contribution in [0.15, 0.2) is 30.5 Å². The van der Waals surface area contributed by atoms with Crippen molar-refractivity contribution >= 4 is 5.97 Å². The molecule has 0 aliphatic rings. The lowest BCUT2D eigenvalue weighted by molar-refractivity contribution is -0.142. The van der Waals surface area contributed by atoms with Crippen molar-refractivity contribution in [3.63, 3.8) is 0 Å². The minimum Gasteiger partial charge on any atom is -0.481 e. The summed E-state index contributed by atoms with van der Waals surface area (Å²) in [7, 11) is 0. The van der Waals surface area contributed by atoms with E-state index in [1.165, 1.54) is 36.9 Å². The third-order valence-electron chi connectivity index (χ3n) is 3.13. The van der Waals surface area contributed by atoms with E-state index in [0.717, 1.165) is 12.1 Å². The smallest absolute Gasteiger partial charge is 0.416 e. The molecule has 0 saturated carbocycles. The molecule has 0 aliphatic carbocycles. The lowest BCUT2D eigenvalue weighted by atomic mass is 9.90. The highest BCUT2D eigenvalue weighted by Gasteiger charge is 2.33. The van der Waals surface area contributed by atoms with Gasteiger partial charge in [0.2, 0.25) is 0 Å². The fourth-order valence-electron chi connectivity index (χ4n) is 1.59. The van der Waals surface area contributed by atoms with Crippen LogP contribution >= 0.6 is 0 Å². The Morgan fingerprint density at radius 3 is 2.24 bits per heavy atom. The molecule has 1 heterocycles. The van der Waals surface area contributed by atoms with E-state index < -0.39 is 23.1 Å². The number of carboxylic acids is 1. The molecule has 0 unspecified atom stereocenters. The van der Waals surface area contributed by atoms with Crippen LogP contribution in [0.4, 0.5) is 13.2 Å². The first-order chi connectivity index (χ1) is 9.62. The second-order valence-electron chi connectivity index (χ2n) is 5.02. The molecule has 0 spiro atoms. The Morgan fingerprint density at radius 2 is 1.76 bits per heavy atom. The quantitative estimate of drug-likeness (QED) is 0.946. The van der Waals surface area contributed by atoms with Crippen molar-refractivity contribution in [3.05, 3.63) is 41.7 Å². The summed E-state index contributed by atoms with van der Waals surface area (Å²) in [5, 5.41) is 16.6. The predicted octanol–water partition coefficient (Wildman–Crippen LogP) is 2.65. The summed E-state index contributed by atoms with van der Waals surface area (Å²) in [6, 6.07) is 4.35. The van der Waals surface area contributed by atoms with Crippen molar-refractivity contribution in [1.29, 1.82) is 0 Å². The van der Waals surface area contributed by atoms with Crippen molar-refractivity contribution in [2.24, 2.45) is 0 Å². The molecule has 8 heteroatoms. The van der Waals surface area contributed by atoms with Gasteiger partial charge in [0.15, 0.2) is 0 Å². The van der Waals surface area contributed by atoms with Gasteiger partial charge in [-0.25, -0.2) is 4.68 Å². The first-order valence-electron chi connectivity index (χ1n) is 5.96. The van der Waals surface area contributed by atoms with Crippen LogP contribution in [-0.2, 0) is 16.4 Å². The van der Waals surface area contributed by atoms with Crippen molar-refractivity contribution in [3.8, 4) is 5.69 Å². The van der Waals surface area contributed by atoms with Crippen LogP contribution in [0.2, 0.25) is 0 Å². The topological polar surface area (TPSA) is 68.0 Å². The highest BCUT2D eigenvalue weighted by atomic mass is 19.4. The summed E-state index contributed by atoms with van der Waals surface area (Å²) in [4.78, 5) is 11.1. The molecule has 0 amide bonds. The molecule has 0 atom stereocenters. The number of hydrogen-bond donors (Lipinski definition) is 1. The molecule has 0 radical (unpaired) electrons. The predicted molar refractivity (Wildman–Crippen MR) is 67.0 cm³/mol. The third kappa shape index (κ3) is 2.88. The van der Waals surface area contributed by atoms with Crippen LogP contribution in [0.3, 0.4) is 0 Å². The van der Waals surface area contributed by atoms with Gasteiger partial charge in [0.1, 0.15) is 5.41 Å². The van der Waals surface area contributed by atoms with Gasteiger partial charge in [0.05, 0.1) is 23.1 Å². The maximum atomic E-state index is 12.5. The Hall–Kier alpha value is -2.38. The van der Waals surface area contributed by atoms with Crippen LogP contribution in [0, 0.1) is 0 Å². The minimum atomic E-state index is -4.41. The molecule has 1 aromatic heterocycles. The van der Waals surface area contributed by atoms with Crippen molar-refractivity contribution in [2.45, 2.75) is 25.4 Å². The van der Waals surface area contributed by atoms with E-state index in [4.69, 9.17) is 5.11 Å². The first-order valence-corrected chi connectivity index (χ1v) is 5.96. The molecule has 0 aliphatic heterocycles.